The van der Waals surface area contributed by atoms with Gasteiger partial charge in [0.1, 0.15) is 16.3 Å². The number of hydrogen-bond donors (Lipinski definition) is 2. The maximum Gasteiger partial charge on any atom is 0.405 e. The Morgan fingerprint density at radius 1 is 1.43 bits per heavy atom. The Morgan fingerprint density at radius 2 is 2.19 bits per heavy atom. The molecule has 21 heavy (non-hydrogen) atoms. The van der Waals surface area contributed by atoms with Gasteiger partial charge in [0.2, 0.25) is 0 Å². The number of nitrogen functional groups attached to an aromatic ring is 1. The second-order valence-corrected chi connectivity index (χ2v) is 5.94. The number of amides is 1. The Kier molecular flexibility index (Phi) is 3.27. The van der Waals surface area contributed by atoms with Gasteiger partial charge in [-0.05, 0) is 30.9 Å². The lowest BCUT2D eigenvalue weighted by molar-refractivity contribution is -0.123. The van der Waals surface area contributed by atoms with Gasteiger partial charge in [0.05, 0.1) is 5.69 Å². The number of nitrogens with zero attached hydrogens (tertiary/aromatic N) is 1. The van der Waals surface area contributed by atoms with Crippen LogP contribution in [0, 0.1) is 0 Å². The van der Waals surface area contributed by atoms with E-state index >= 15 is 0 Å². The molecule has 1 aliphatic rings. The lowest BCUT2D eigenvalue weighted by Crippen LogP contribution is -2.33. The molecule has 0 saturated carbocycles. The minimum Gasteiger partial charge on any atom is -0.397 e. The van der Waals surface area contributed by atoms with Crippen LogP contribution < -0.4 is 11.1 Å². The summed E-state index contributed by atoms with van der Waals surface area (Å²) in [5, 5.41) is 2.49. The van der Waals surface area contributed by atoms with E-state index in [1.54, 1.807) is 0 Å². The third-order valence-electron chi connectivity index (χ3n) is 3.40. The van der Waals surface area contributed by atoms with Crippen LogP contribution in [-0.2, 0) is 12.8 Å². The van der Waals surface area contributed by atoms with E-state index in [1.165, 1.54) is 0 Å². The summed E-state index contributed by atoms with van der Waals surface area (Å²) in [4.78, 5) is 17.0. The molecule has 112 valence electrons. The number of aryl methyl sites for hydroxylation is 2. The largest absolute Gasteiger partial charge is 0.405 e. The highest BCUT2D eigenvalue weighted by Crippen LogP contribution is 2.35. The quantitative estimate of drug-likeness (QED) is 0.895. The Balaban J connectivity index is 1.93. The molecule has 0 radical (unpaired) electrons. The fourth-order valence-corrected chi connectivity index (χ4v) is 3.44. The predicted molar refractivity (Wildman–Crippen MR) is 74.4 cm³/mol. The zero-order valence-electron chi connectivity index (χ0n) is 10.9. The Morgan fingerprint density at radius 3 is 2.90 bits per heavy atom. The van der Waals surface area contributed by atoms with Gasteiger partial charge >= 0.3 is 6.18 Å². The van der Waals surface area contributed by atoms with E-state index in [0.717, 1.165) is 41.9 Å². The van der Waals surface area contributed by atoms with Crippen LogP contribution in [0.3, 0.4) is 0 Å². The summed E-state index contributed by atoms with van der Waals surface area (Å²) >= 11 is 1.03. The van der Waals surface area contributed by atoms with Crippen molar-refractivity contribution in [3.05, 3.63) is 22.2 Å². The summed E-state index contributed by atoms with van der Waals surface area (Å²) in [6.45, 7) is -1.37. The second kappa shape index (κ2) is 4.87. The zero-order chi connectivity index (χ0) is 15.2. The SMILES string of the molecule is Nc1c(C(=O)NCC(F)(F)F)sc2nc3c(cc12)CCC3. The molecule has 2 heterocycles. The van der Waals surface area contributed by atoms with E-state index in [-0.39, 0.29) is 10.6 Å². The van der Waals surface area contributed by atoms with Crippen molar-refractivity contribution in [1.29, 1.82) is 0 Å². The summed E-state index contributed by atoms with van der Waals surface area (Å²) in [6, 6.07) is 1.90. The van der Waals surface area contributed by atoms with Crippen LogP contribution in [0.1, 0.15) is 27.3 Å². The van der Waals surface area contributed by atoms with E-state index in [2.05, 4.69) is 4.98 Å². The van der Waals surface area contributed by atoms with Crippen LogP contribution in [-0.4, -0.2) is 23.6 Å². The van der Waals surface area contributed by atoms with E-state index < -0.39 is 18.6 Å². The number of nitrogens with one attached hydrogen (secondary N) is 1. The average molecular weight is 315 g/mol. The molecular weight excluding hydrogens is 303 g/mol. The van der Waals surface area contributed by atoms with Gasteiger partial charge in [0.25, 0.3) is 5.91 Å². The van der Waals surface area contributed by atoms with Crippen molar-refractivity contribution in [2.75, 3.05) is 12.3 Å². The van der Waals surface area contributed by atoms with Crippen LogP contribution in [0.2, 0.25) is 0 Å². The summed E-state index contributed by atoms with van der Waals surface area (Å²) in [5.74, 6) is -0.812. The second-order valence-electron chi connectivity index (χ2n) is 4.94. The van der Waals surface area contributed by atoms with Crippen molar-refractivity contribution in [2.45, 2.75) is 25.4 Å². The van der Waals surface area contributed by atoms with Crippen molar-refractivity contribution in [1.82, 2.24) is 10.3 Å². The normalized spacial score (nSPS) is 14.4. The molecule has 0 saturated heterocycles. The van der Waals surface area contributed by atoms with Crippen molar-refractivity contribution >= 4 is 33.1 Å². The molecular formula is C13H12F3N3OS. The smallest absolute Gasteiger partial charge is 0.397 e. The monoisotopic (exact) mass is 315 g/mol. The van der Waals surface area contributed by atoms with Crippen molar-refractivity contribution in [3.8, 4) is 0 Å². The number of carbonyl (C=O) groups excluding carboxylic acids is 1. The highest BCUT2D eigenvalue weighted by molar-refractivity contribution is 7.21. The van der Waals surface area contributed by atoms with Crippen molar-refractivity contribution < 1.29 is 18.0 Å². The summed E-state index contributed by atoms with van der Waals surface area (Å²) in [5.41, 5.74) is 8.20. The van der Waals surface area contributed by atoms with E-state index in [9.17, 15) is 18.0 Å². The highest BCUT2D eigenvalue weighted by atomic mass is 32.1. The maximum atomic E-state index is 12.1. The number of anilines is 1. The molecule has 4 nitrogen and oxygen atoms in total. The van der Waals surface area contributed by atoms with Gasteiger partial charge in [-0.15, -0.1) is 11.3 Å². The van der Waals surface area contributed by atoms with Crippen LogP contribution >= 0.6 is 11.3 Å². The van der Waals surface area contributed by atoms with Crippen LogP contribution in [0.4, 0.5) is 18.9 Å². The molecule has 1 amide bonds. The summed E-state index contributed by atoms with van der Waals surface area (Å²) in [6.07, 6.45) is -1.60. The van der Waals surface area contributed by atoms with E-state index in [0.29, 0.717) is 10.2 Å². The third-order valence-corrected chi connectivity index (χ3v) is 4.52. The van der Waals surface area contributed by atoms with Gasteiger partial charge < -0.3 is 11.1 Å². The fraction of sp³-hybridized carbons (Fsp3) is 0.385. The van der Waals surface area contributed by atoms with Crippen LogP contribution in [0.5, 0.6) is 0 Å². The first-order valence-electron chi connectivity index (χ1n) is 6.41. The molecule has 0 bridgehead atoms. The Hall–Kier alpha value is -1.83. The summed E-state index contributed by atoms with van der Waals surface area (Å²) < 4.78 is 36.4. The number of pyridine rings is 1. The average Bonchev–Trinajstić information content (AvgIpc) is 2.98. The number of nitrogens with two attached hydrogens (primary N) is 1. The zero-order valence-corrected chi connectivity index (χ0v) is 11.7. The van der Waals surface area contributed by atoms with Crippen LogP contribution in [0.15, 0.2) is 6.07 Å². The Bertz CT molecular complexity index is 724. The first-order chi connectivity index (χ1) is 9.85. The number of halogens is 3. The van der Waals surface area contributed by atoms with E-state index in [1.807, 2.05) is 11.4 Å². The van der Waals surface area contributed by atoms with Crippen molar-refractivity contribution in [2.24, 2.45) is 0 Å². The number of hydrogen-bond acceptors (Lipinski definition) is 4. The molecule has 1 aliphatic carbocycles. The maximum absolute atomic E-state index is 12.1. The molecule has 2 aromatic rings. The first kappa shape index (κ1) is 14.1. The lowest BCUT2D eigenvalue weighted by Gasteiger charge is -2.07. The van der Waals surface area contributed by atoms with Gasteiger partial charge in [0, 0.05) is 11.1 Å². The fourth-order valence-electron chi connectivity index (χ4n) is 2.43. The summed E-state index contributed by atoms with van der Waals surface area (Å²) in [7, 11) is 0. The molecule has 0 fully saturated rings. The number of rotatable bonds is 2. The number of thiophene rings is 1. The standard InChI is InChI=1S/C13H12F3N3OS/c14-13(15,16)5-18-11(20)10-9(17)7-4-6-2-1-3-8(6)19-12(7)21-10/h4H,1-3,5,17H2,(H,18,20). The third kappa shape index (κ3) is 2.67. The Labute approximate surface area is 122 Å². The lowest BCUT2D eigenvalue weighted by atomic mass is 10.1. The number of fused-ring (bicyclic) bond motifs is 2. The van der Waals surface area contributed by atoms with Gasteiger partial charge in [-0.3, -0.25) is 4.79 Å². The molecule has 0 spiro atoms. The van der Waals surface area contributed by atoms with Gasteiger partial charge in [0.15, 0.2) is 0 Å². The molecule has 3 N–H and O–H groups in total. The number of aromatic nitrogens is 1. The van der Waals surface area contributed by atoms with Gasteiger partial charge in [-0.25, -0.2) is 4.98 Å². The van der Waals surface area contributed by atoms with Gasteiger partial charge in [-0.2, -0.15) is 13.2 Å². The van der Waals surface area contributed by atoms with Gasteiger partial charge in [-0.1, -0.05) is 0 Å². The molecule has 0 atom stereocenters. The van der Waals surface area contributed by atoms with E-state index in [4.69, 9.17) is 5.73 Å². The van der Waals surface area contributed by atoms with Crippen LogP contribution in [0.25, 0.3) is 10.2 Å². The molecule has 0 aromatic carbocycles. The topological polar surface area (TPSA) is 68.0 Å². The molecule has 8 heteroatoms. The molecule has 0 aliphatic heterocycles. The number of carbonyl (C=O) groups is 1. The van der Waals surface area contributed by atoms with Crippen molar-refractivity contribution in [3.63, 3.8) is 0 Å². The predicted octanol–water partition coefficient (Wildman–Crippen LogP) is 2.66. The highest BCUT2D eigenvalue weighted by Gasteiger charge is 2.29. The number of alkyl halides is 3. The molecule has 2 aromatic heterocycles. The molecule has 0 unspecified atom stereocenters. The minimum atomic E-state index is -4.44. The molecule has 3 rings (SSSR count). The minimum absolute atomic E-state index is 0.0884. The first-order valence-corrected chi connectivity index (χ1v) is 7.22.